The highest BCUT2D eigenvalue weighted by molar-refractivity contribution is 7.98. The van der Waals surface area contributed by atoms with Crippen molar-refractivity contribution in [2.24, 2.45) is 5.73 Å². The Kier molecular flexibility index (Phi) is 4.19. The van der Waals surface area contributed by atoms with Gasteiger partial charge in [-0.15, -0.1) is 11.8 Å². The first-order valence-electron chi connectivity index (χ1n) is 5.78. The average Bonchev–Trinajstić information content (AvgIpc) is 2.37. The summed E-state index contributed by atoms with van der Waals surface area (Å²) in [4.78, 5) is 20.3. The van der Waals surface area contributed by atoms with Crippen LogP contribution in [0.3, 0.4) is 0 Å². The molecule has 104 valence electrons. The number of nitrogens with two attached hydrogens (primary N) is 2. The number of amides is 1. The number of anilines is 1. The van der Waals surface area contributed by atoms with Gasteiger partial charge >= 0.3 is 0 Å². The Morgan fingerprint density at radius 1 is 1.30 bits per heavy atom. The molecule has 0 saturated carbocycles. The van der Waals surface area contributed by atoms with Gasteiger partial charge in [-0.1, -0.05) is 0 Å². The van der Waals surface area contributed by atoms with Crippen LogP contribution in [0.1, 0.15) is 21.9 Å². The molecule has 0 fully saturated rings. The van der Waals surface area contributed by atoms with E-state index in [4.69, 9.17) is 11.5 Å². The van der Waals surface area contributed by atoms with Crippen LogP contribution in [0.15, 0.2) is 29.2 Å². The number of carbonyl (C=O) groups is 1. The van der Waals surface area contributed by atoms with E-state index in [1.54, 1.807) is 19.1 Å². The Balaban J connectivity index is 2.14. The summed E-state index contributed by atoms with van der Waals surface area (Å²) >= 11 is 1.45. The van der Waals surface area contributed by atoms with E-state index in [0.717, 1.165) is 4.90 Å². The summed E-state index contributed by atoms with van der Waals surface area (Å²) in [6.07, 6.45) is 0. The highest BCUT2D eigenvalue weighted by Crippen LogP contribution is 2.22. The first-order chi connectivity index (χ1) is 9.47. The first kappa shape index (κ1) is 14.3. The lowest BCUT2D eigenvalue weighted by Crippen LogP contribution is -2.18. The second-order valence-corrected chi connectivity index (χ2v) is 5.14. The van der Waals surface area contributed by atoms with Crippen molar-refractivity contribution < 1.29 is 9.18 Å². The molecular weight excluding hydrogens is 279 g/mol. The van der Waals surface area contributed by atoms with Gasteiger partial charge in [0, 0.05) is 4.90 Å². The molecule has 1 amide bonds. The topological polar surface area (TPSA) is 94.9 Å². The van der Waals surface area contributed by atoms with E-state index < -0.39 is 5.91 Å². The van der Waals surface area contributed by atoms with E-state index >= 15 is 0 Å². The molecule has 1 aromatic carbocycles. The Bertz CT molecular complexity index is 622. The van der Waals surface area contributed by atoms with Crippen LogP contribution in [0.2, 0.25) is 0 Å². The maximum Gasteiger partial charge on any atom is 0.254 e. The van der Waals surface area contributed by atoms with Gasteiger partial charge < -0.3 is 11.5 Å². The number of nitrogen functional groups attached to an aromatic ring is 1. The summed E-state index contributed by atoms with van der Waals surface area (Å²) in [5.74, 6) is 0.128. The molecule has 0 saturated heterocycles. The number of carbonyl (C=O) groups excluding carboxylic acids is 1. The minimum atomic E-state index is -0.641. The van der Waals surface area contributed by atoms with Gasteiger partial charge in [0.2, 0.25) is 0 Å². The number of hydrogen-bond acceptors (Lipinski definition) is 5. The van der Waals surface area contributed by atoms with E-state index in [1.807, 2.05) is 0 Å². The fourth-order valence-corrected chi connectivity index (χ4v) is 2.46. The van der Waals surface area contributed by atoms with Crippen molar-refractivity contribution in [3.8, 4) is 0 Å². The number of aryl methyl sites for hydroxylation is 1. The molecule has 0 radical (unpaired) electrons. The molecule has 0 unspecified atom stereocenters. The lowest BCUT2D eigenvalue weighted by Gasteiger charge is -2.07. The number of aromatic nitrogens is 2. The number of rotatable bonds is 4. The molecule has 2 rings (SSSR count). The SMILES string of the molecule is Cc1nc(CSc2ccc(F)cc2)nc(N)c1C(N)=O. The molecule has 7 heteroatoms. The van der Waals surface area contributed by atoms with Crippen molar-refractivity contribution in [2.75, 3.05) is 5.73 Å². The van der Waals surface area contributed by atoms with Crippen LogP contribution in [-0.2, 0) is 5.75 Å². The van der Waals surface area contributed by atoms with Gasteiger partial charge in [-0.25, -0.2) is 14.4 Å². The number of thioether (sulfide) groups is 1. The molecule has 1 heterocycles. The predicted molar refractivity (Wildman–Crippen MR) is 75.7 cm³/mol. The maximum absolute atomic E-state index is 12.8. The number of benzene rings is 1. The van der Waals surface area contributed by atoms with Crippen LogP contribution in [0, 0.1) is 12.7 Å². The molecule has 1 aromatic heterocycles. The van der Waals surface area contributed by atoms with E-state index in [-0.39, 0.29) is 17.2 Å². The Morgan fingerprint density at radius 3 is 2.50 bits per heavy atom. The standard InChI is InChI=1S/C13H13FN4OS/c1-7-11(13(16)19)12(15)18-10(17-7)6-20-9-4-2-8(14)3-5-9/h2-5H,6H2,1H3,(H2,16,19)(H2,15,17,18). The molecule has 5 nitrogen and oxygen atoms in total. The summed E-state index contributed by atoms with van der Waals surface area (Å²) in [7, 11) is 0. The molecular formula is C13H13FN4OS. The van der Waals surface area contributed by atoms with Crippen molar-refractivity contribution in [1.29, 1.82) is 0 Å². The lowest BCUT2D eigenvalue weighted by atomic mass is 10.2. The molecule has 4 N–H and O–H groups in total. The fraction of sp³-hybridized carbons (Fsp3) is 0.154. The highest BCUT2D eigenvalue weighted by Gasteiger charge is 2.14. The van der Waals surface area contributed by atoms with Gasteiger partial charge in [0.1, 0.15) is 23.0 Å². The molecule has 0 aliphatic carbocycles. The second-order valence-electron chi connectivity index (χ2n) is 4.09. The fourth-order valence-electron chi connectivity index (χ4n) is 1.70. The van der Waals surface area contributed by atoms with Crippen molar-refractivity contribution >= 4 is 23.5 Å². The smallest absolute Gasteiger partial charge is 0.254 e. The highest BCUT2D eigenvalue weighted by atomic mass is 32.2. The molecule has 0 aliphatic rings. The predicted octanol–water partition coefficient (Wildman–Crippen LogP) is 1.90. The Hall–Kier alpha value is -2.15. The van der Waals surface area contributed by atoms with E-state index in [1.165, 1.54) is 23.9 Å². The summed E-state index contributed by atoms with van der Waals surface area (Å²) in [6.45, 7) is 1.66. The molecule has 2 aromatic rings. The van der Waals surface area contributed by atoms with Crippen LogP contribution >= 0.6 is 11.8 Å². The summed E-state index contributed by atoms with van der Waals surface area (Å²) in [5, 5.41) is 0. The van der Waals surface area contributed by atoms with Crippen molar-refractivity contribution in [3.05, 3.63) is 47.2 Å². The third kappa shape index (κ3) is 3.24. The van der Waals surface area contributed by atoms with Gasteiger partial charge in [-0.3, -0.25) is 4.79 Å². The van der Waals surface area contributed by atoms with Gasteiger partial charge in [-0.2, -0.15) is 0 Å². The van der Waals surface area contributed by atoms with Crippen LogP contribution in [-0.4, -0.2) is 15.9 Å². The van der Waals surface area contributed by atoms with Crippen LogP contribution in [0.25, 0.3) is 0 Å². The van der Waals surface area contributed by atoms with E-state index in [9.17, 15) is 9.18 Å². The first-order valence-corrected chi connectivity index (χ1v) is 6.77. The molecule has 0 aliphatic heterocycles. The zero-order valence-corrected chi connectivity index (χ0v) is 11.6. The number of halogens is 1. The normalized spacial score (nSPS) is 10.5. The monoisotopic (exact) mass is 292 g/mol. The van der Waals surface area contributed by atoms with Crippen LogP contribution < -0.4 is 11.5 Å². The second kappa shape index (κ2) is 5.87. The largest absolute Gasteiger partial charge is 0.383 e. The minimum Gasteiger partial charge on any atom is -0.383 e. The van der Waals surface area contributed by atoms with E-state index in [0.29, 0.717) is 17.3 Å². The quantitative estimate of drug-likeness (QED) is 0.839. The zero-order valence-electron chi connectivity index (χ0n) is 10.8. The van der Waals surface area contributed by atoms with Gasteiger partial charge in [0.25, 0.3) is 5.91 Å². The maximum atomic E-state index is 12.8. The zero-order chi connectivity index (χ0) is 14.7. The summed E-state index contributed by atoms with van der Waals surface area (Å²) in [6, 6.07) is 6.12. The Labute approximate surface area is 119 Å². The molecule has 0 bridgehead atoms. The summed E-state index contributed by atoms with van der Waals surface area (Å²) < 4.78 is 12.8. The number of primary amides is 1. The molecule has 0 atom stereocenters. The lowest BCUT2D eigenvalue weighted by molar-refractivity contribution is 0.1000. The van der Waals surface area contributed by atoms with Crippen molar-refractivity contribution in [1.82, 2.24) is 9.97 Å². The Morgan fingerprint density at radius 2 is 1.95 bits per heavy atom. The molecule has 0 spiro atoms. The van der Waals surface area contributed by atoms with Crippen LogP contribution in [0.5, 0.6) is 0 Å². The van der Waals surface area contributed by atoms with Gasteiger partial charge in [0.15, 0.2) is 0 Å². The van der Waals surface area contributed by atoms with E-state index in [2.05, 4.69) is 9.97 Å². The number of nitrogens with zero attached hydrogens (tertiary/aromatic N) is 2. The van der Waals surface area contributed by atoms with Crippen molar-refractivity contribution in [3.63, 3.8) is 0 Å². The molecule has 20 heavy (non-hydrogen) atoms. The van der Waals surface area contributed by atoms with Crippen LogP contribution in [0.4, 0.5) is 10.2 Å². The third-order valence-electron chi connectivity index (χ3n) is 2.59. The minimum absolute atomic E-state index is 0.0831. The van der Waals surface area contributed by atoms with Gasteiger partial charge in [0.05, 0.1) is 11.4 Å². The third-order valence-corrected chi connectivity index (χ3v) is 3.60. The van der Waals surface area contributed by atoms with Gasteiger partial charge in [-0.05, 0) is 31.2 Å². The number of hydrogen-bond donors (Lipinski definition) is 2. The average molecular weight is 292 g/mol. The summed E-state index contributed by atoms with van der Waals surface area (Å²) in [5.41, 5.74) is 11.5. The van der Waals surface area contributed by atoms with Crippen molar-refractivity contribution in [2.45, 2.75) is 17.6 Å².